The van der Waals surface area contributed by atoms with E-state index in [1.54, 1.807) is 30.3 Å². The number of hydrogen-bond acceptors (Lipinski definition) is 4. The van der Waals surface area contributed by atoms with Gasteiger partial charge in [0.2, 0.25) is 5.91 Å². The zero-order chi connectivity index (χ0) is 28.8. The fourth-order valence-corrected chi connectivity index (χ4v) is 5.33. The highest BCUT2D eigenvalue weighted by molar-refractivity contribution is 6.31. The minimum absolute atomic E-state index is 0.0482. The topological polar surface area (TPSA) is 99.1 Å². The van der Waals surface area contributed by atoms with Crippen molar-refractivity contribution in [2.75, 3.05) is 0 Å². The molecule has 1 aliphatic carbocycles. The Morgan fingerprint density at radius 1 is 1.20 bits per heavy atom. The standard InChI is InChI=1S/C29H23ClF3N3O4/c1-28-12-3-2-7-20(28)24(17-5-4-6-19(31)13-17)25(26(38)34-28)21-14-22(16-8-10-18(30)11-9-16)36(35-21)23(37)15-29(32,33)27(39)40/h2-11,13,22H,12,14-15H2,1H3,(H,34,38)(H,39,40). The van der Waals surface area contributed by atoms with Crippen molar-refractivity contribution in [3.63, 3.8) is 0 Å². The van der Waals surface area contributed by atoms with E-state index in [0.29, 0.717) is 33.7 Å². The van der Waals surface area contributed by atoms with E-state index in [1.807, 2.05) is 25.2 Å². The largest absolute Gasteiger partial charge is 0.477 e. The lowest BCUT2D eigenvalue weighted by Crippen LogP contribution is -2.52. The normalized spacial score (nSPS) is 22.5. The summed E-state index contributed by atoms with van der Waals surface area (Å²) in [6, 6.07) is 11.1. The van der Waals surface area contributed by atoms with Crippen LogP contribution >= 0.6 is 11.6 Å². The lowest BCUT2D eigenvalue weighted by Gasteiger charge is -2.40. The molecule has 2 atom stereocenters. The van der Waals surface area contributed by atoms with Crippen LogP contribution < -0.4 is 5.32 Å². The number of rotatable bonds is 6. The molecule has 0 radical (unpaired) electrons. The number of hydrazone groups is 1. The molecule has 40 heavy (non-hydrogen) atoms. The molecule has 2 heterocycles. The SMILES string of the molecule is CC12CC=CC=C1C(c1cccc(F)c1)=C(C1=NN(C(=O)CC(F)(F)C(=O)O)C(c3ccc(Cl)cc3)C1)C(=O)N2. The van der Waals surface area contributed by atoms with Gasteiger partial charge in [-0.25, -0.2) is 14.2 Å². The zero-order valence-electron chi connectivity index (χ0n) is 21.1. The van der Waals surface area contributed by atoms with E-state index in [-0.39, 0.29) is 17.7 Å². The van der Waals surface area contributed by atoms with Gasteiger partial charge in [-0.2, -0.15) is 13.9 Å². The number of halogens is 4. The van der Waals surface area contributed by atoms with E-state index in [0.717, 1.165) is 5.01 Å². The second-order valence-corrected chi connectivity index (χ2v) is 10.4. The summed E-state index contributed by atoms with van der Waals surface area (Å²) in [7, 11) is 0. The highest BCUT2D eigenvalue weighted by Gasteiger charge is 2.47. The molecule has 2 amide bonds. The Balaban J connectivity index is 1.68. The molecule has 0 fully saturated rings. The van der Waals surface area contributed by atoms with E-state index < -0.39 is 47.5 Å². The molecule has 206 valence electrons. The lowest BCUT2D eigenvalue weighted by molar-refractivity contribution is -0.170. The van der Waals surface area contributed by atoms with Gasteiger partial charge < -0.3 is 10.4 Å². The maximum Gasteiger partial charge on any atom is 0.375 e. The van der Waals surface area contributed by atoms with E-state index >= 15 is 0 Å². The first-order valence-corrected chi connectivity index (χ1v) is 12.7. The summed E-state index contributed by atoms with van der Waals surface area (Å²) in [5.41, 5.74) is 1.39. The molecular formula is C29H23ClF3N3O4. The highest BCUT2D eigenvalue weighted by atomic mass is 35.5. The van der Waals surface area contributed by atoms with Gasteiger partial charge in [0.05, 0.1) is 22.9 Å². The molecule has 0 saturated heterocycles. The molecule has 2 aromatic carbocycles. The summed E-state index contributed by atoms with van der Waals surface area (Å²) in [4.78, 5) is 37.8. The van der Waals surface area contributed by atoms with Gasteiger partial charge in [0.15, 0.2) is 0 Å². The predicted molar refractivity (Wildman–Crippen MR) is 142 cm³/mol. The Kier molecular flexibility index (Phi) is 6.91. The van der Waals surface area contributed by atoms with Crippen molar-refractivity contribution in [2.45, 2.75) is 43.7 Å². The van der Waals surface area contributed by atoms with Gasteiger partial charge in [0.25, 0.3) is 5.91 Å². The Bertz CT molecular complexity index is 1550. The van der Waals surface area contributed by atoms with Crippen LogP contribution in [0.3, 0.4) is 0 Å². The van der Waals surface area contributed by atoms with Crippen molar-refractivity contribution < 1.29 is 32.7 Å². The van der Waals surface area contributed by atoms with Crippen molar-refractivity contribution in [2.24, 2.45) is 5.10 Å². The molecule has 7 nitrogen and oxygen atoms in total. The van der Waals surface area contributed by atoms with Crippen LogP contribution in [0.1, 0.15) is 43.4 Å². The van der Waals surface area contributed by atoms with Crippen molar-refractivity contribution >= 4 is 40.7 Å². The first-order chi connectivity index (χ1) is 18.9. The van der Waals surface area contributed by atoms with Crippen molar-refractivity contribution in [3.8, 4) is 0 Å². The number of nitrogens with zero attached hydrogens (tertiary/aromatic N) is 2. The van der Waals surface area contributed by atoms with Gasteiger partial charge >= 0.3 is 11.9 Å². The molecule has 0 aromatic heterocycles. The maximum atomic E-state index is 14.4. The Hall–Kier alpha value is -4.18. The summed E-state index contributed by atoms with van der Waals surface area (Å²) in [6.45, 7) is 1.84. The summed E-state index contributed by atoms with van der Waals surface area (Å²) >= 11 is 6.01. The monoisotopic (exact) mass is 569 g/mol. The minimum atomic E-state index is -4.32. The summed E-state index contributed by atoms with van der Waals surface area (Å²) in [5, 5.41) is 17.4. The molecule has 0 spiro atoms. The smallest absolute Gasteiger partial charge is 0.375 e. The van der Waals surface area contributed by atoms with E-state index in [1.165, 1.54) is 18.2 Å². The van der Waals surface area contributed by atoms with Crippen LogP contribution in [0.25, 0.3) is 5.57 Å². The van der Waals surface area contributed by atoms with Crippen LogP contribution in [-0.2, 0) is 14.4 Å². The van der Waals surface area contributed by atoms with Crippen LogP contribution in [-0.4, -0.2) is 45.1 Å². The number of hydrogen-bond donors (Lipinski definition) is 2. The number of carboxylic acid groups (broad SMARTS) is 1. The number of nitrogens with one attached hydrogen (secondary N) is 1. The number of carbonyl (C=O) groups is 3. The maximum absolute atomic E-state index is 14.4. The van der Waals surface area contributed by atoms with Gasteiger partial charge in [-0.1, -0.05) is 54.1 Å². The number of aliphatic carboxylic acids is 1. The molecule has 2 aromatic rings. The van der Waals surface area contributed by atoms with Crippen LogP contribution in [0, 0.1) is 5.82 Å². The molecule has 0 bridgehead atoms. The van der Waals surface area contributed by atoms with Crippen LogP contribution in [0.4, 0.5) is 13.2 Å². The van der Waals surface area contributed by atoms with Gasteiger partial charge in [-0.3, -0.25) is 9.59 Å². The number of carboxylic acids is 1. The quantitative estimate of drug-likeness (QED) is 0.483. The summed E-state index contributed by atoms with van der Waals surface area (Å²) in [6.07, 6.45) is 4.33. The number of carbonyl (C=O) groups excluding carboxylic acids is 2. The lowest BCUT2D eigenvalue weighted by atomic mass is 9.73. The number of fused-ring (bicyclic) bond motifs is 1. The Morgan fingerprint density at radius 2 is 1.93 bits per heavy atom. The Morgan fingerprint density at radius 3 is 2.60 bits per heavy atom. The number of alkyl halides is 2. The second-order valence-electron chi connectivity index (χ2n) is 10.0. The van der Waals surface area contributed by atoms with E-state index in [4.69, 9.17) is 16.7 Å². The van der Waals surface area contributed by atoms with Crippen molar-refractivity contribution in [1.82, 2.24) is 10.3 Å². The molecule has 2 unspecified atom stereocenters. The zero-order valence-corrected chi connectivity index (χ0v) is 21.9. The minimum Gasteiger partial charge on any atom is -0.477 e. The molecule has 11 heteroatoms. The van der Waals surface area contributed by atoms with E-state index in [2.05, 4.69) is 10.4 Å². The average Bonchev–Trinajstić information content (AvgIpc) is 3.32. The average molecular weight is 570 g/mol. The fraction of sp³-hybridized carbons (Fsp3) is 0.241. The van der Waals surface area contributed by atoms with Gasteiger partial charge in [0, 0.05) is 17.0 Å². The molecule has 5 rings (SSSR count). The van der Waals surface area contributed by atoms with Crippen LogP contribution in [0.5, 0.6) is 0 Å². The first kappa shape index (κ1) is 27.4. The summed E-state index contributed by atoms with van der Waals surface area (Å²) < 4.78 is 42.5. The Labute approximate surface area is 232 Å². The fourth-order valence-electron chi connectivity index (χ4n) is 5.20. The first-order valence-electron chi connectivity index (χ1n) is 12.4. The van der Waals surface area contributed by atoms with E-state index in [9.17, 15) is 27.6 Å². The molecular weight excluding hydrogens is 547 g/mol. The van der Waals surface area contributed by atoms with Gasteiger partial charge in [-0.05, 0) is 54.3 Å². The van der Waals surface area contributed by atoms with Crippen LogP contribution in [0.15, 0.2) is 83.0 Å². The second kappa shape index (κ2) is 10.1. The molecule has 2 aliphatic heterocycles. The molecule has 3 aliphatic rings. The van der Waals surface area contributed by atoms with Gasteiger partial charge in [0.1, 0.15) is 12.2 Å². The number of amides is 2. The number of allylic oxidation sites excluding steroid dienone is 2. The third-order valence-corrected chi connectivity index (χ3v) is 7.42. The van der Waals surface area contributed by atoms with Crippen LogP contribution in [0.2, 0.25) is 5.02 Å². The van der Waals surface area contributed by atoms with Crippen molar-refractivity contribution in [3.05, 3.63) is 99.9 Å². The summed E-state index contributed by atoms with van der Waals surface area (Å²) in [5.74, 6) is -9.05. The number of benzene rings is 2. The third-order valence-electron chi connectivity index (χ3n) is 7.16. The van der Waals surface area contributed by atoms with Crippen molar-refractivity contribution in [1.29, 1.82) is 0 Å². The van der Waals surface area contributed by atoms with Gasteiger partial charge in [-0.15, -0.1) is 0 Å². The molecule has 2 N–H and O–H groups in total. The predicted octanol–water partition coefficient (Wildman–Crippen LogP) is 5.45. The third kappa shape index (κ3) is 4.95. The molecule has 0 saturated carbocycles. The highest BCUT2D eigenvalue weighted by Crippen LogP contribution is 2.44.